The molecule has 2 heterocycles. The molecule has 4 rings (SSSR count). The Hall–Kier alpha value is -3.49. The molecule has 29 heavy (non-hydrogen) atoms. The quantitative estimate of drug-likeness (QED) is 0.310. The number of hydrogen-bond donors (Lipinski definition) is 2. The largest absolute Gasteiger partial charge is 0.353 e. The second-order valence-electron chi connectivity index (χ2n) is 5.91. The fourth-order valence-corrected chi connectivity index (χ4v) is 3.14. The minimum absolute atomic E-state index is 0.0174. The van der Waals surface area contributed by atoms with Crippen molar-refractivity contribution in [1.29, 1.82) is 0 Å². The highest BCUT2D eigenvalue weighted by Gasteiger charge is 2.24. The third-order valence-corrected chi connectivity index (χ3v) is 4.91. The second kappa shape index (κ2) is 7.86. The van der Waals surface area contributed by atoms with Crippen molar-refractivity contribution in [2.45, 2.75) is 0 Å². The monoisotopic (exact) mass is 426 g/mol. The molecule has 4 aromatic rings. The first kappa shape index (κ1) is 18.9. The van der Waals surface area contributed by atoms with Gasteiger partial charge in [-0.3, -0.25) is 15.1 Å². The third kappa shape index (κ3) is 3.75. The van der Waals surface area contributed by atoms with Gasteiger partial charge in [0.2, 0.25) is 11.6 Å². The van der Waals surface area contributed by atoms with Crippen LogP contribution in [0.2, 0.25) is 10.0 Å². The van der Waals surface area contributed by atoms with E-state index in [0.717, 1.165) is 5.39 Å². The molecule has 0 radical (unpaired) electrons. The predicted molar refractivity (Wildman–Crippen MR) is 113 cm³/mol. The number of fused-ring (bicyclic) bond motifs is 1. The van der Waals surface area contributed by atoms with Gasteiger partial charge in [-0.15, -0.1) is 0 Å². The number of hydrogen-bond acceptors (Lipinski definition) is 7. The van der Waals surface area contributed by atoms with Crippen LogP contribution in [0.25, 0.3) is 10.9 Å². The molecule has 2 aromatic heterocycles. The van der Waals surface area contributed by atoms with Crippen LogP contribution < -0.4 is 10.6 Å². The van der Waals surface area contributed by atoms with Crippen molar-refractivity contribution in [1.82, 2.24) is 15.0 Å². The van der Waals surface area contributed by atoms with Gasteiger partial charge in [0, 0.05) is 11.6 Å². The van der Waals surface area contributed by atoms with E-state index in [2.05, 4.69) is 25.6 Å². The van der Waals surface area contributed by atoms with E-state index >= 15 is 0 Å². The lowest BCUT2D eigenvalue weighted by Gasteiger charge is -2.12. The van der Waals surface area contributed by atoms with Gasteiger partial charge in [-0.05, 0) is 24.3 Å². The average molecular weight is 427 g/mol. The summed E-state index contributed by atoms with van der Waals surface area (Å²) in [4.78, 5) is 23.6. The maximum atomic E-state index is 11.8. The maximum Gasteiger partial charge on any atom is 0.353 e. The molecule has 2 N–H and O–H groups in total. The molecule has 0 saturated heterocycles. The molecule has 0 unspecified atom stereocenters. The summed E-state index contributed by atoms with van der Waals surface area (Å²) in [6.07, 6.45) is 2.87. The van der Waals surface area contributed by atoms with Crippen LogP contribution in [-0.2, 0) is 0 Å². The van der Waals surface area contributed by atoms with E-state index in [4.69, 9.17) is 23.2 Å². The van der Waals surface area contributed by atoms with E-state index in [-0.39, 0.29) is 22.3 Å². The average Bonchev–Trinajstić information content (AvgIpc) is 2.72. The van der Waals surface area contributed by atoms with Crippen LogP contribution in [-0.4, -0.2) is 19.9 Å². The second-order valence-corrected chi connectivity index (χ2v) is 6.69. The van der Waals surface area contributed by atoms with Gasteiger partial charge in [-0.25, -0.2) is 9.97 Å². The first-order chi connectivity index (χ1) is 14.0. The number of anilines is 4. The molecular formula is C19H12Cl2N6O2. The Labute approximate surface area is 174 Å². The molecule has 0 saturated carbocycles. The highest BCUT2D eigenvalue weighted by molar-refractivity contribution is 6.43. The summed E-state index contributed by atoms with van der Waals surface area (Å²) in [5.74, 6) is -0.00586. The Morgan fingerprint density at radius 3 is 2.28 bits per heavy atom. The molecule has 0 aliphatic heterocycles. The maximum absolute atomic E-state index is 11.8. The van der Waals surface area contributed by atoms with E-state index in [1.807, 2.05) is 24.3 Å². The van der Waals surface area contributed by atoms with Crippen LogP contribution in [0.4, 0.5) is 28.7 Å². The Morgan fingerprint density at radius 2 is 1.52 bits per heavy atom. The van der Waals surface area contributed by atoms with Crippen molar-refractivity contribution in [2.75, 3.05) is 10.6 Å². The number of aromatic nitrogens is 3. The van der Waals surface area contributed by atoms with Gasteiger partial charge in [0.25, 0.3) is 0 Å². The highest BCUT2D eigenvalue weighted by Crippen LogP contribution is 2.37. The summed E-state index contributed by atoms with van der Waals surface area (Å²) in [5.41, 5.74) is 1.29. The number of nitrogens with zero attached hydrogens (tertiary/aromatic N) is 4. The number of pyridine rings is 1. The van der Waals surface area contributed by atoms with Crippen LogP contribution in [0.5, 0.6) is 0 Å². The van der Waals surface area contributed by atoms with E-state index < -0.39 is 4.92 Å². The summed E-state index contributed by atoms with van der Waals surface area (Å²) in [5, 5.41) is 19.1. The smallest absolute Gasteiger partial charge is 0.333 e. The van der Waals surface area contributed by atoms with Crippen LogP contribution in [0.1, 0.15) is 0 Å². The lowest BCUT2D eigenvalue weighted by molar-refractivity contribution is -0.383. The van der Waals surface area contributed by atoms with Gasteiger partial charge in [0.15, 0.2) is 0 Å². The van der Waals surface area contributed by atoms with Crippen LogP contribution in [0.15, 0.2) is 61.1 Å². The molecule has 144 valence electrons. The first-order valence-corrected chi connectivity index (χ1v) is 9.11. The summed E-state index contributed by atoms with van der Waals surface area (Å²) < 4.78 is 0. The van der Waals surface area contributed by atoms with Crippen molar-refractivity contribution in [3.63, 3.8) is 0 Å². The molecule has 10 heteroatoms. The van der Waals surface area contributed by atoms with Crippen molar-refractivity contribution in [2.24, 2.45) is 0 Å². The predicted octanol–water partition coefficient (Wildman–Crippen LogP) is 5.73. The Balaban J connectivity index is 1.77. The molecule has 0 aliphatic rings. The summed E-state index contributed by atoms with van der Waals surface area (Å²) in [7, 11) is 0. The standard InChI is InChI=1S/C19H12Cl2N6O2/c20-12-6-2-7-13(15(12)21)25-18-17(27(28)29)19(24-10-23-18)26-14-8-1-4-11-5-3-9-22-16(11)14/h1-10H,(H2,23,24,25,26). The lowest BCUT2D eigenvalue weighted by Crippen LogP contribution is -2.06. The SMILES string of the molecule is O=[N+]([O-])c1c(Nc2cccc(Cl)c2Cl)ncnc1Nc1cccc2cccnc12. The first-order valence-electron chi connectivity index (χ1n) is 8.36. The summed E-state index contributed by atoms with van der Waals surface area (Å²) >= 11 is 12.2. The molecule has 0 spiro atoms. The zero-order valence-corrected chi connectivity index (χ0v) is 16.1. The summed E-state index contributed by atoms with van der Waals surface area (Å²) in [6, 6.07) is 14.1. The number of benzene rings is 2. The van der Waals surface area contributed by atoms with E-state index in [1.165, 1.54) is 6.33 Å². The van der Waals surface area contributed by atoms with Crippen LogP contribution in [0, 0.1) is 10.1 Å². The van der Waals surface area contributed by atoms with Crippen molar-refractivity contribution < 1.29 is 4.92 Å². The molecule has 2 aromatic carbocycles. The molecule has 0 fully saturated rings. The normalized spacial score (nSPS) is 10.7. The molecule has 0 amide bonds. The molecule has 0 aliphatic carbocycles. The molecular weight excluding hydrogens is 415 g/mol. The van der Waals surface area contributed by atoms with Gasteiger partial charge in [0.1, 0.15) is 6.33 Å². The van der Waals surface area contributed by atoms with Gasteiger partial charge < -0.3 is 10.6 Å². The zero-order chi connectivity index (χ0) is 20.4. The van der Waals surface area contributed by atoms with E-state index in [0.29, 0.717) is 21.9 Å². The third-order valence-electron chi connectivity index (χ3n) is 4.10. The molecule has 0 atom stereocenters. The number of nitrogens with one attached hydrogen (secondary N) is 2. The van der Waals surface area contributed by atoms with Crippen LogP contribution in [0.3, 0.4) is 0 Å². The minimum atomic E-state index is -0.568. The van der Waals surface area contributed by atoms with E-state index in [9.17, 15) is 10.1 Å². The van der Waals surface area contributed by atoms with Gasteiger partial charge >= 0.3 is 5.69 Å². The van der Waals surface area contributed by atoms with Gasteiger partial charge in [-0.2, -0.15) is 0 Å². The van der Waals surface area contributed by atoms with Crippen molar-refractivity contribution in [3.8, 4) is 0 Å². The number of halogens is 2. The number of para-hydroxylation sites is 1. The van der Waals surface area contributed by atoms with Crippen LogP contribution >= 0.6 is 23.2 Å². The van der Waals surface area contributed by atoms with Crippen molar-refractivity contribution >= 4 is 62.8 Å². The highest BCUT2D eigenvalue weighted by atomic mass is 35.5. The van der Waals surface area contributed by atoms with Gasteiger partial charge in [0.05, 0.1) is 31.9 Å². The Kier molecular flexibility index (Phi) is 5.11. The number of rotatable bonds is 5. The van der Waals surface area contributed by atoms with Gasteiger partial charge in [-0.1, -0.05) is 47.5 Å². The lowest BCUT2D eigenvalue weighted by atomic mass is 10.2. The molecule has 8 nitrogen and oxygen atoms in total. The summed E-state index contributed by atoms with van der Waals surface area (Å²) in [6.45, 7) is 0. The number of nitro groups is 1. The minimum Gasteiger partial charge on any atom is -0.333 e. The molecule has 0 bridgehead atoms. The Bertz CT molecular complexity index is 1230. The zero-order valence-electron chi connectivity index (χ0n) is 14.6. The fourth-order valence-electron chi connectivity index (χ4n) is 2.80. The van der Waals surface area contributed by atoms with Crippen molar-refractivity contribution in [3.05, 3.63) is 81.2 Å². The van der Waals surface area contributed by atoms with E-state index in [1.54, 1.807) is 30.5 Å². The fraction of sp³-hybridized carbons (Fsp3) is 0. The topological polar surface area (TPSA) is 106 Å². The Morgan fingerprint density at radius 1 is 0.862 bits per heavy atom.